The Balaban J connectivity index is 1.61. The number of thiophene rings is 1. The van der Waals surface area contributed by atoms with Crippen LogP contribution in [0.25, 0.3) is 21.0 Å². The fourth-order valence-corrected chi connectivity index (χ4v) is 5.77. The summed E-state index contributed by atoms with van der Waals surface area (Å²) in [6, 6.07) is 14.5. The number of rotatable bonds is 10. The number of benzene rings is 2. The van der Waals surface area contributed by atoms with Crippen molar-refractivity contribution in [2.75, 3.05) is 6.26 Å². The summed E-state index contributed by atoms with van der Waals surface area (Å²) in [6.07, 6.45) is 2.31. The lowest BCUT2D eigenvalue weighted by atomic mass is 10.0. The normalized spacial score (nSPS) is 13.9. The minimum Gasteiger partial charge on any atom is -0.361 e. The third-order valence-corrected chi connectivity index (χ3v) is 7.69. The second-order valence-electron chi connectivity index (χ2n) is 9.72. The molecule has 0 saturated carbocycles. The molecule has 0 fully saturated rings. The van der Waals surface area contributed by atoms with Gasteiger partial charge in [-0.15, -0.1) is 11.3 Å². The first kappa shape index (κ1) is 26.8. The maximum Gasteiger partial charge on any atom is 0.244 e. The molecule has 2 heterocycles. The van der Waals surface area contributed by atoms with Gasteiger partial charge in [-0.1, -0.05) is 36.4 Å². The van der Waals surface area contributed by atoms with Gasteiger partial charge in [-0.05, 0) is 47.9 Å². The lowest BCUT2D eigenvalue weighted by Crippen LogP contribution is -2.59. The van der Waals surface area contributed by atoms with E-state index < -0.39 is 39.6 Å². The molecule has 0 aliphatic carbocycles. The van der Waals surface area contributed by atoms with Crippen LogP contribution in [-0.2, 0) is 32.5 Å². The summed E-state index contributed by atoms with van der Waals surface area (Å²) in [6.45, 7) is 3.12. The molecule has 0 bridgehead atoms. The molecule has 9 nitrogen and oxygen atoms in total. The number of para-hydroxylation sites is 1. The first-order chi connectivity index (χ1) is 17.4. The molecule has 37 heavy (non-hydrogen) atoms. The van der Waals surface area contributed by atoms with Gasteiger partial charge in [0.05, 0.1) is 18.0 Å². The number of nitrogens with one attached hydrogen (secondary N) is 4. The number of hydrogen-bond donors (Lipinski definition) is 5. The number of amides is 2. The largest absolute Gasteiger partial charge is 0.361 e. The number of sulfonamides is 1. The van der Waals surface area contributed by atoms with E-state index in [1.54, 1.807) is 31.4 Å². The SMILES string of the molecule is CC(C)(N)C(=O)N[C@H](Cc1csc2ccccc12)C(=O)N[C@@H](Cc1c[nH]c2ccccc12)NS(C)(=O)=O. The van der Waals surface area contributed by atoms with Crippen LogP contribution < -0.4 is 21.1 Å². The van der Waals surface area contributed by atoms with Gasteiger partial charge in [0.2, 0.25) is 21.8 Å². The molecule has 4 aromatic rings. The van der Waals surface area contributed by atoms with Gasteiger partial charge in [-0.25, -0.2) is 8.42 Å². The lowest BCUT2D eigenvalue weighted by molar-refractivity contribution is -0.131. The summed E-state index contributed by atoms with van der Waals surface area (Å²) in [4.78, 5) is 29.5. The van der Waals surface area contributed by atoms with E-state index in [-0.39, 0.29) is 12.8 Å². The highest BCUT2D eigenvalue weighted by Gasteiger charge is 2.30. The van der Waals surface area contributed by atoms with Crippen LogP contribution in [-0.4, -0.2) is 49.2 Å². The second-order valence-corrected chi connectivity index (χ2v) is 12.4. The van der Waals surface area contributed by atoms with E-state index in [2.05, 4.69) is 20.3 Å². The minimum absolute atomic E-state index is 0.202. The van der Waals surface area contributed by atoms with E-state index >= 15 is 0 Å². The molecule has 196 valence electrons. The minimum atomic E-state index is -3.66. The first-order valence-corrected chi connectivity index (χ1v) is 14.6. The van der Waals surface area contributed by atoms with Crippen molar-refractivity contribution >= 4 is 54.2 Å². The van der Waals surface area contributed by atoms with Crippen molar-refractivity contribution in [3.05, 3.63) is 71.2 Å². The molecule has 2 aromatic heterocycles. The smallest absolute Gasteiger partial charge is 0.244 e. The zero-order valence-electron chi connectivity index (χ0n) is 20.9. The summed E-state index contributed by atoms with van der Waals surface area (Å²) >= 11 is 1.55. The molecule has 0 spiro atoms. The van der Waals surface area contributed by atoms with Gasteiger partial charge < -0.3 is 21.4 Å². The van der Waals surface area contributed by atoms with Crippen molar-refractivity contribution in [2.24, 2.45) is 5.73 Å². The molecule has 6 N–H and O–H groups in total. The summed E-state index contributed by atoms with van der Waals surface area (Å²) in [7, 11) is -3.66. The highest BCUT2D eigenvalue weighted by atomic mass is 32.2. The molecule has 4 rings (SSSR count). The molecule has 2 aromatic carbocycles. The zero-order chi connectivity index (χ0) is 26.8. The maximum atomic E-state index is 13.6. The van der Waals surface area contributed by atoms with Crippen LogP contribution in [0.4, 0.5) is 0 Å². The van der Waals surface area contributed by atoms with Crippen molar-refractivity contribution < 1.29 is 18.0 Å². The third-order valence-electron chi connectivity index (χ3n) is 5.96. The number of carbonyl (C=O) groups excluding carboxylic acids is 2. The predicted molar refractivity (Wildman–Crippen MR) is 148 cm³/mol. The van der Waals surface area contributed by atoms with Crippen LogP contribution in [0.2, 0.25) is 0 Å². The van der Waals surface area contributed by atoms with Crippen molar-refractivity contribution in [3.8, 4) is 0 Å². The highest BCUT2D eigenvalue weighted by Crippen LogP contribution is 2.27. The first-order valence-electron chi connectivity index (χ1n) is 11.8. The molecule has 2 atom stereocenters. The van der Waals surface area contributed by atoms with Gasteiger partial charge in [-0.3, -0.25) is 9.59 Å². The van der Waals surface area contributed by atoms with Crippen molar-refractivity contribution in [3.63, 3.8) is 0 Å². The van der Waals surface area contributed by atoms with Gasteiger partial charge in [0, 0.05) is 34.6 Å². The Hall–Kier alpha value is -3.25. The second kappa shape index (κ2) is 10.6. The fraction of sp³-hybridized carbons (Fsp3) is 0.308. The molecule has 0 unspecified atom stereocenters. The number of aromatic nitrogens is 1. The third kappa shape index (κ3) is 6.75. The Bertz CT molecular complexity index is 1540. The Morgan fingerprint density at radius 2 is 1.68 bits per heavy atom. The van der Waals surface area contributed by atoms with E-state index in [1.165, 1.54) is 0 Å². The Morgan fingerprint density at radius 3 is 2.38 bits per heavy atom. The molecule has 0 aliphatic heterocycles. The number of H-pyrrole nitrogens is 1. The fourth-order valence-electron chi connectivity index (χ4n) is 4.14. The van der Waals surface area contributed by atoms with Gasteiger partial charge >= 0.3 is 0 Å². The average Bonchev–Trinajstić information content (AvgIpc) is 3.41. The summed E-state index contributed by atoms with van der Waals surface area (Å²) in [5.41, 5.74) is 7.42. The quantitative estimate of drug-likeness (QED) is 0.196. The van der Waals surface area contributed by atoms with Crippen molar-refractivity contribution in [1.29, 1.82) is 0 Å². The molecule has 0 radical (unpaired) electrons. The Morgan fingerprint density at radius 1 is 1.00 bits per heavy atom. The summed E-state index contributed by atoms with van der Waals surface area (Å²) in [5.74, 6) is -1.01. The van der Waals surface area contributed by atoms with E-state index in [0.717, 1.165) is 38.4 Å². The van der Waals surface area contributed by atoms with E-state index in [1.807, 2.05) is 53.9 Å². The van der Waals surface area contributed by atoms with Gasteiger partial charge in [0.15, 0.2) is 0 Å². The highest BCUT2D eigenvalue weighted by molar-refractivity contribution is 7.88. The lowest BCUT2D eigenvalue weighted by Gasteiger charge is -2.26. The monoisotopic (exact) mass is 541 g/mol. The van der Waals surface area contributed by atoms with Crippen molar-refractivity contribution in [2.45, 2.75) is 44.4 Å². The maximum absolute atomic E-state index is 13.6. The van der Waals surface area contributed by atoms with Crippen LogP contribution >= 0.6 is 11.3 Å². The van der Waals surface area contributed by atoms with Gasteiger partial charge in [0.25, 0.3) is 0 Å². The molecule has 2 amide bonds. The van der Waals surface area contributed by atoms with Crippen molar-refractivity contribution in [1.82, 2.24) is 20.3 Å². The number of hydrogen-bond acceptors (Lipinski definition) is 6. The van der Waals surface area contributed by atoms with Crippen LogP contribution in [0.3, 0.4) is 0 Å². The molecule has 0 aliphatic rings. The standard InChI is InChI=1S/C26H31N5O4S2/c1-26(2,27)25(33)29-21(12-17-15-36-22-11-7-5-9-19(17)22)24(32)30-23(31-37(3,34)35)13-16-14-28-20-10-6-4-8-18(16)20/h4-11,14-15,21,23,28,31H,12-13,27H2,1-3H3,(H,29,33)(H,30,32)/t21-,23-/m1/s1. The van der Waals surface area contributed by atoms with Crippen LogP contribution in [0.5, 0.6) is 0 Å². The van der Waals surface area contributed by atoms with E-state index in [9.17, 15) is 18.0 Å². The Kier molecular flexibility index (Phi) is 7.69. The van der Waals surface area contributed by atoms with Gasteiger partial charge in [0.1, 0.15) is 6.04 Å². The molecule has 0 saturated heterocycles. The van der Waals surface area contributed by atoms with Crippen LogP contribution in [0.15, 0.2) is 60.1 Å². The Labute approximate surface area is 219 Å². The summed E-state index contributed by atoms with van der Waals surface area (Å²) in [5, 5.41) is 9.45. The molecular formula is C26H31N5O4S2. The topological polar surface area (TPSA) is 146 Å². The van der Waals surface area contributed by atoms with Crippen LogP contribution in [0.1, 0.15) is 25.0 Å². The van der Waals surface area contributed by atoms with E-state index in [0.29, 0.717) is 0 Å². The van der Waals surface area contributed by atoms with E-state index in [4.69, 9.17) is 5.73 Å². The average molecular weight is 542 g/mol. The summed E-state index contributed by atoms with van der Waals surface area (Å²) < 4.78 is 27.9. The number of carbonyl (C=O) groups is 2. The predicted octanol–water partition coefficient (Wildman–Crippen LogP) is 2.38. The van der Waals surface area contributed by atoms with Crippen LogP contribution in [0, 0.1) is 0 Å². The van der Waals surface area contributed by atoms with Gasteiger partial charge in [-0.2, -0.15) is 4.72 Å². The zero-order valence-corrected chi connectivity index (χ0v) is 22.5. The molecule has 11 heteroatoms. The number of aromatic amines is 1. The number of nitrogens with two attached hydrogens (primary N) is 1. The number of fused-ring (bicyclic) bond motifs is 2. The molecular weight excluding hydrogens is 510 g/mol.